The maximum Gasteiger partial charge on any atom is 0.395 e. The molecule has 1 unspecified atom stereocenters. The summed E-state index contributed by atoms with van der Waals surface area (Å²) in [5, 5.41) is 10.5. The van der Waals surface area contributed by atoms with E-state index in [0.717, 1.165) is 42.0 Å². The van der Waals surface area contributed by atoms with Crippen molar-refractivity contribution in [2.75, 3.05) is 13.2 Å². The highest BCUT2D eigenvalue weighted by atomic mass is 31.1. The standard InChI is InChI=1S/C21H24F2N3O9P/c1-4-32-18(29)11(2)25-36(31)35-13-6-5-12(22)9-14(13)33-10-15-17(28)21(3,23)19(34-15)26-8-7-16(27)24-20(26)30/h5-9,11,15,17,19,28H,4,10H2,1-3H3,(H,24,27,30)/t11-,15+,17+,19+,21+/m0/s1. The molecule has 0 radical (unpaired) electrons. The van der Waals surface area contributed by atoms with Crippen LogP contribution in [0.2, 0.25) is 0 Å². The van der Waals surface area contributed by atoms with E-state index in [-0.39, 0.29) is 18.1 Å². The normalized spacial score (nSPS) is 24.9. The third-order valence-corrected chi connectivity index (χ3v) is 6.09. The van der Waals surface area contributed by atoms with Crippen LogP contribution in [0, 0.1) is 5.82 Å². The van der Waals surface area contributed by atoms with E-state index in [0.29, 0.717) is 0 Å². The van der Waals surface area contributed by atoms with Crippen LogP contribution in [0.5, 0.6) is 11.5 Å². The second-order valence-corrected chi connectivity index (χ2v) is 8.80. The Morgan fingerprint density at radius 2 is 2.11 bits per heavy atom. The zero-order valence-electron chi connectivity index (χ0n) is 19.4. The largest absolute Gasteiger partial charge is 0.575 e. The molecule has 1 fully saturated rings. The van der Waals surface area contributed by atoms with E-state index < -0.39 is 68.0 Å². The van der Waals surface area contributed by atoms with Crippen molar-refractivity contribution in [3.63, 3.8) is 0 Å². The first-order valence-corrected chi connectivity index (χ1v) is 11.9. The van der Waals surface area contributed by atoms with Crippen molar-refractivity contribution in [3.05, 3.63) is 57.1 Å². The van der Waals surface area contributed by atoms with Crippen molar-refractivity contribution in [1.82, 2.24) is 9.55 Å². The Kier molecular flexibility index (Phi) is 8.56. The van der Waals surface area contributed by atoms with Gasteiger partial charge in [0.05, 0.1) is 6.61 Å². The van der Waals surface area contributed by atoms with Gasteiger partial charge < -0.3 is 24.2 Å². The zero-order valence-corrected chi connectivity index (χ0v) is 20.3. The Morgan fingerprint density at radius 1 is 1.39 bits per heavy atom. The average Bonchev–Trinajstić information content (AvgIpc) is 3.02. The molecule has 2 aromatic rings. The number of nitrogens with zero attached hydrogens (tertiary/aromatic N) is 2. The number of nitrogens with one attached hydrogen (secondary N) is 1. The summed E-state index contributed by atoms with van der Waals surface area (Å²) >= 11 is 0. The number of hydrogen-bond acceptors (Lipinski definition) is 10. The van der Waals surface area contributed by atoms with Crippen LogP contribution in [-0.4, -0.2) is 57.8 Å². The predicted molar refractivity (Wildman–Crippen MR) is 119 cm³/mol. The highest BCUT2D eigenvalue weighted by Gasteiger charge is 2.55. The third-order valence-electron chi connectivity index (χ3n) is 5.20. The van der Waals surface area contributed by atoms with Crippen LogP contribution in [0.1, 0.15) is 27.0 Å². The molecule has 36 heavy (non-hydrogen) atoms. The van der Waals surface area contributed by atoms with E-state index in [9.17, 15) is 28.8 Å². The summed E-state index contributed by atoms with van der Waals surface area (Å²) in [4.78, 5) is 49.3. The van der Waals surface area contributed by atoms with Gasteiger partial charge in [0.2, 0.25) is 5.75 Å². The van der Waals surface area contributed by atoms with E-state index in [1.165, 1.54) is 6.92 Å². The van der Waals surface area contributed by atoms with Gasteiger partial charge in [0.1, 0.15) is 24.6 Å². The molecule has 196 valence electrons. The molecule has 0 amide bonds. The van der Waals surface area contributed by atoms with Gasteiger partial charge >= 0.3 is 19.8 Å². The van der Waals surface area contributed by atoms with Crippen LogP contribution >= 0.6 is 8.17 Å². The lowest BCUT2D eigenvalue weighted by molar-refractivity contribution is -0.169. The van der Waals surface area contributed by atoms with Crippen molar-refractivity contribution >= 4 is 14.1 Å². The van der Waals surface area contributed by atoms with Crippen molar-refractivity contribution in [2.45, 2.75) is 50.9 Å². The second-order valence-electron chi connectivity index (χ2n) is 7.92. The number of esters is 1. The highest BCUT2D eigenvalue weighted by Crippen LogP contribution is 2.41. The highest BCUT2D eigenvalue weighted by molar-refractivity contribution is 7.34. The maximum absolute atomic E-state index is 15.3. The van der Waals surface area contributed by atoms with Gasteiger partial charge in [-0.05, 0) is 32.9 Å². The van der Waals surface area contributed by atoms with Gasteiger partial charge in [-0.25, -0.2) is 18.4 Å². The number of benzene rings is 1. The summed E-state index contributed by atoms with van der Waals surface area (Å²) in [7, 11) is -2.79. The molecule has 2 N–H and O–H groups in total. The summed E-state index contributed by atoms with van der Waals surface area (Å²) in [6.07, 6.45) is -3.69. The lowest BCUT2D eigenvalue weighted by Crippen LogP contribution is -2.43. The van der Waals surface area contributed by atoms with Gasteiger partial charge in [0.15, 0.2) is 23.7 Å². The van der Waals surface area contributed by atoms with Crippen molar-refractivity contribution in [3.8, 4) is 11.5 Å². The fourth-order valence-electron chi connectivity index (χ4n) is 3.36. The summed E-state index contributed by atoms with van der Waals surface area (Å²) in [6, 6.07) is 2.90. The fourth-order valence-corrected chi connectivity index (χ4v) is 4.11. The molecule has 3 rings (SSSR count). The van der Waals surface area contributed by atoms with Crippen LogP contribution < -0.4 is 25.4 Å². The second kappa shape index (κ2) is 11.2. The summed E-state index contributed by atoms with van der Waals surface area (Å²) in [6.45, 7) is 3.54. The van der Waals surface area contributed by atoms with Crippen molar-refractivity contribution in [2.24, 2.45) is 4.74 Å². The van der Waals surface area contributed by atoms with Crippen LogP contribution in [0.4, 0.5) is 8.78 Å². The number of alkyl halides is 1. The van der Waals surface area contributed by atoms with E-state index >= 15 is 4.39 Å². The number of aromatic nitrogens is 2. The van der Waals surface area contributed by atoms with Crippen LogP contribution in [-0.2, 0) is 14.3 Å². The number of aliphatic hydroxyl groups is 1. The van der Waals surface area contributed by atoms with Crippen molar-refractivity contribution < 1.29 is 42.3 Å². The van der Waals surface area contributed by atoms with Crippen LogP contribution in [0.15, 0.2) is 44.8 Å². The molecule has 15 heteroatoms. The Morgan fingerprint density at radius 3 is 2.78 bits per heavy atom. The lowest BCUT2D eigenvalue weighted by atomic mass is 9.98. The predicted octanol–water partition coefficient (Wildman–Crippen LogP) is 0.927. The van der Waals surface area contributed by atoms with E-state index in [1.54, 1.807) is 6.92 Å². The molecule has 0 spiro atoms. The summed E-state index contributed by atoms with van der Waals surface area (Å²) in [5.74, 6) is -1.93. The Balaban J connectivity index is 1.76. The Labute approximate surface area is 204 Å². The van der Waals surface area contributed by atoms with Gasteiger partial charge in [0.25, 0.3) is 5.56 Å². The maximum atomic E-state index is 15.3. The fraction of sp³-hybridized carbons (Fsp3) is 0.476. The minimum absolute atomic E-state index is 0.108. The first-order chi connectivity index (χ1) is 16.9. The number of carbonyl (C=O) groups excluding carboxylic acids is 1. The van der Waals surface area contributed by atoms with Gasteiger partial charge in [-0.3, -0.25) is 18.9 Å². The monoisotopic (exact) mass is 531 g/mol. The van der Waals surface area contributed by atoms with E-state index in [1.807, 2.05) is 4.98 Å². The smallest absolute Gasteiger partial charge is 0.395 e. The molecule has 1 aromatic heterocycles. The first kappa shape index (κ1) is 27.4. The minimum atomic E-state index is -2.79. The number of aliphatic hydroxyl groups excluding tert-OH is 1. The molecular weight excluding hydrogens is 507 g/mol. The first-order valence-electron chi connectivity index (χ1n) is 10.7. The molecule has 2 heterocycles. The molecule has 6 atom stereocenters. The molecule has 0 saturated carbocycles. The molecule has 1 aromatic carbocycles. The van der Waals surface area contributed by atoms with Gasteiger partial charge in [-0.1, -0.05) is 4.74 Å². The summed E-state index contributed by atoms with van der Waals surface area (Å²) in [5.41, 5.74) is -4.12. The van der Waals surface area contributed by atoms with Crippen molar-refractivity contribution in [1.29, 1.82) is 0 Å². The topological polar surface area (TPSA) is 164 Å². The number of halogens is 2. The minimum Gasteiger partial charge on any atom is -0.575 e. The van der Waals surface area contributed by atoms with E-state index in [2.05, 4.69) is 4.74 Å². The quantitative estimate of drug-likeness (QED) is 0.354. The Hall–Kier alpha value is -3.19. The molecule has 12 nitrogen and oxygen atoms in total. The van der Waals surface area contributed by atoms with Crippen LogP contribution in [0.25, 0.3) is 0 Å². The van der Waals surface area contributed by atoms with Crippen LogP contribution in [0.3, 0.4) is 0 Å². The molecule has 1 saturated heterocycles. The number of aromatic amines is 1. The Bertz CT molecular complexity index is 1250. The molecular formula is C21H24F2N3O9P. The number of hydrogen-bond donors (Lipinski definition) is 2. The number of ether oxygens (including phenoxy) is 3. The third kappa shape index (κ3) is 6.13. The molecule has 0 bridgehead atoms. The lowest BCUT2D eigenvalue weighted by Gasteiger charge is -2.24. The van der Waals surface area contributed by atoms with Gasteiger partial charge in [0, 0.05) is 18.3 Å². The zero-order chi connectivity index (χ0) is 26.6. The number of carbonyl (C=O) groups is 1. The average molecular weight is 531 g/mol. The van der Waals surface area contributed by atoms with E-state index in [4.69, 9.17) is 18.7 Å². The molecule has 0 aliphatic carbocycles. The number of rotatable bonds is 9. The SMILES string of the molecule is CCOC(=O)[C@H](C)N=[P+]([O-])Oc1ccc(F)cc1OC[C@H]1O[C@@H](n2ccc(=O)[nH]c2=O)[C@](C)(F)[C@@H]1O. The molecule has 1 aliphatic heterocycles. The molecule has 1 aliphatic rings. The van der Waals surface area contributed by atoms with Gasteiger partial charge in [-0.2, -0.15) is 0 Å². The van der Waals surface area contributed by atoms with Gasteiger partial charge in [-0.15, -0.1) is 0 Å². The number of H-pyrrole nitrogens is 1. The summed E-state index contributed by atoms with van der Waals surface area (Å²) < 4.78 is 54.5.